The number of rotatable bonds is 1. The van der Waals surface area contributed by atoms with E-state index in [0.717, 1.165) is 5.69 Å². The Morgan fingerprint density at radius 2 is 1.30 bits per heavy atom. The fraction of sp³-hybridized carbons (Fsp3) is 0. The molecule has 0 aliphatic heterocycles. The number of thiophene rings is 1. The van der Waals surface area contributed by atoms with Crippen molar-refractivity contribution in [3.8, 4) is 11.3 Å². The molecule has 0 unspecified atom stereocenters. The summed E-state index contributed by atoms with van der Waals surface area (Å²) in [6, 6.07) is 30.3. The van der Waals surface area contributed by atoms with Gasteiger partial charge in [-0.1, -0.05) is 66.7 Å². The van der Waals surface area contributed by atoms with Crippen LogP contribution in [0, 0.1) is 0 Å². The maximum atomic E-state index is 4.84. The van der Waals surface area contributed by atoms with Crippen molar-refractivity contribution in [1.82, 2.24) is 4.98 Å². The predicted octanol–water partition coefficient (Wildman–Crippen LogP) is 7.42. The van der Waals surface area contributed by atoms with E-state index in [1.54, 1.807) is 0 Å². The van der Waals surface area contributed by atoms with Crippen LogP contribution in [0.2, 0.25) is 0 Å². The summed E-state index contributed by atoms with van der Waals surface area (Å²) in [5, 5.41) is 7.69. The molecule has 0 radical (unpaired) electrons. The van der Waals surface area contributed by atoms with E-state index in [0.29, 0.717) is 0 Å². The van der Waals surface area contributed by atoms with Gasteiger partial charge in [0, 0.05) is 27.2 Å². The van der Waals surface area contributed by atoms with Gasteiger partial charge in [-0.25, -0.2) is 0 Å². The molecule has 4 aromatic carbocycles. The molecule has 2 heteroatoms. The van der Waals surface area contributed by atoms with E-state index in [-0.39, 0.29) is 0 Å². The van der Waals surface area contributed by atoms with Crippen LogP contribution in [-0.2, 0) is 0 Å². The summed E-state index contributed by atoms with van der Waals surface area (Å²) in [7, 11) is 0. The molecule has 0 amide bonds. The molecule has 0 aliphatic carbocycles. The van der Waals surface area contributed by atoms with Crippen LogP contribution in [0.15, 0.2) is 91.1 Å². The first kappa shape index (κ1) is 14.9. The van der Waals surface area contributed by atoms with Crippen molar-refractivity contribution >= 4 is 53.1 Å². The van der Waals surface area contributed by atoms with Gasteiger partial charge in [-0.15, -0.1) is 11.3 Å². The first-order valence-electron chi connectivity index (χ1n) is 9.07. The van der Waals surface area contributed by atoms with Crippen molar-refractivity contribution in [3.05, 3.63) is 91.1 Å². The molecule has 0 spiro atoms. The second-order valence-corrected chi connectivity index (χ2v) is 7.88. The molecule has 0 bridgehead atoms. The van der Waals surface area contributed by atoms with Gasteiger partial charge in [0.05, 0.1) is 10.4 Å². The summed E-state index contributed by atoms with van der Waals surface area (Å²) in [6.07, 6.45) is 1.95. The lowest BCUT2D eigenvalue weighted by atomic mass is 9.95. The third-order valence-corrected chi connectivity index (χ3v) is 6.51. The zero-order valence-electron chi connectivity index (χ0n) is 14.5. The predicted molar refractivity (Wildman–Crippen MR) is 118 cm³/mol. The number of aromatic nitrogens is 1. The normalized spacial score (nSPS) is 11.7. The van der Waals surface area contributed by atoms with E-state index in [1.807, 2.05) is 17.5 Å². The van der Waals surface area contributed by atoms with Crippen LogP contribution in [-0.4, -0.2) is 4.98 Å². The van der Waals surface area contributed by atoms with Gasteiger partial charge in [0.15, 0.2) is 0 Å². The highest BCUT2D eigenvalue weighted by atomic mass is 32.1. The Kier molecular flexibility index (Phi) is 3.11. The molecule has 0 saturated heterocycles. The molecule has 27 heavy (non-hydrogen) atoms. The summed E-state index contributed by atoms with van der Waals surface area (Å²) in [5.74, 6) is 0. The minimum Gasteiger partial charge on any atom is -0.255 e. The monoisotopic (exact) mass is 361 g/mol. The summed E-state index contributed by atoms with van der Waals surface area (Å²) in [6.45, 7) is 0. The first-order chi connectivity index (χ1) is 13.4. The molecule has 0 fully saturated rings. The van der Waals surface area contributed by atoms with Crippen molar-refractivity contribution in [2.75, 3.05) is 0 Å². The fourth-order valence-corrected chi connectivity index (χ4v) is 5.30. The molecule has 1 nitrogen and oxygen atoms in total. The topological polar surface area (TPSA) is 12.9 Å². The van der Waals surface area contributed by atoms with Crippen LogP contribution in [0.5, 0.6) is 0 Å². The quantitative estimate of drug-likeness (QED) is 0.278. The number of nitrogens with zero attached hydrogens (tertiary/aromatic N) is 1. The van der Waals surface area contributed by atoms with Gasteiger partial charge >= 0.3 is 0 Å². The van der Waals surface area contributed by atoms with Gasteiger partial charge in [-0.3, -0.25) is 4.98 Å². The molecular weight excluding hydrogens is 346 g/mol. The van der Waals surface area contributed by atoms with Crippen LogP contribution >= 0.6 is 11.3 Å². The molecule has 126 valence electrons. The van der Waals surface area contributed by atoms with Crippen molar-refractivity contribution in [2.24, 2.45) is 0 Å². The van der Waals surface area contributed by atoms with E-state index in [2.05, 4.69) is 84.9 Å². The van der Waals surface area contributed by atoms with Crippen LogP contribution in [0.4, 0.5) is 0 Å². The molecule has 0 N–H and O–H groups in total. The molecule has 2 aromatic heterocycles. The molecular formula is C25H15NS. The Hall–Kier alpha value is -3.23. The second kappa shape index (κ2) is 5.63. The molecule has 0 atom stereocenters. The Labute approximate surface area is 160 Å². The largest absolute Gasteiger partial charge is 0.255 e. The highest BCUT2D eigenvalue weighted by Gasteiger charge is 2.14. The van der Waals surface area contributed by atoms with Crippen LogP contribution in [0.1, 0.15) is 0 Å². The number of fused-ring (bicyclic) bond motifs is 6. The smallest absolute Gasteiger partial charge is 0.0886 e. The molecule has 2 heterocycles. The maximum Gasteiger partial charge on any atom is 0.0886 e. The highest BCUT2D eigenvalue weighted by molar-refractivity contribution is 7.26. The summed E-state index contributed by atoms with van der Waals surface area (Å²) in [4.78, 5) is 4.84. The third-order valence-electron chi connectivity index (χ3n) is 5.32. The Bertz CT molecular complexity index is 1480. The van der Waals surface area contributed by atoms with E-state index >= 15 is 0 Å². The van der Waals surface area contributed by atoms with Crippen LogP contribution in [0.3, 0.4) is 0 Å². The molecule has 6 aromatic rings. The van der Waals surface area contributed by atoms with Gasteiger partial charge < -0.3 is 0 Å². The lowest BCUT2D eigenvalue weighted by molar-refractivity contribution is 1.38. The average Bonchev–Trinajstić information content (AvgIpc) is 3.12. The first-order valence-corrected chi connectivity index (χ1v) is 9.89. The van der Waals surface area contributed by atoms with Crippen molar-refractivity contribution in [2.45, 2.75) is 0 Å². The highest BCUT2D eigenvalue weighted by Crippen LogP contribution is 2.41. The SMILES string of the molecule is c1ccc2c(c1)cc(-c1nccc3c1sc1ccccc13)c1ccccc12. The Balaban J connectivity index is 1.80. The number of benzene rings is 4. The minimum absolute atomic E-state index is 1.08. The zero-order chi connectivity index (χ0) is 17.8. The maximum absolute atomic E-state index is 4.84. The number of hydrogen-bond acceptors (Lipinski definition) is 2. The number of pyridine rings is 1. The summed E-state index contributed by atoms with van der Waals surface area (Å²) >= 11 is 1.83. The minimum atomic E-state index is 1.08. The van der Waals surface area contributed by atoms with Crippen molar-refractivity contribution in [3.63, 3.8) is 0 Å². The zero-order valence-corrected chi connectivity index (χ0v) is 15.3. The second-order valence-electron chi connectivity index (χ2n) is 6.83. The lowest BCUT2D eigenvalue weighted by Gasteiger charge is -2.11. The van der Waals surface area contributed by atoms with E-state index in [9.17, 15) is 0 Å². The summed E-state index contributed by atoms with van der Waals surface area (Å²) in [5.41, 5.74) is 2.29. The van der Waals surface area contributed by atoms with E-state index < -0.39 is 0 Å². The summed E-state index contributed by atoms with van der Waals surface area (Å²) < 4.78 is 2.57. The molecule has 0 saturated carbocycles. The third kappa shape index (κ3) is 2.14. The van der Waals surface area contributed by atoms with E-state index in [4.69, 9.17) is 4.98 Å². The molecule has 0 aliphatic rings. The van der Waals surface area contributed by atoms with Gasteiger partial charge in [0.2, 0.25) is 0 Å². The van der Waals surface area contributed by atoms with Crippen molar-refractivity contribution in [1.29, 1.82) is 0 Å². The Morgan fingerprint density at radius 3 is 2.19 bits per heavy atom. The lowest BCUT2D eigenvalue weighted by Crippen LogP contribution is -1.87. The van der Waals surface area contributed by atoms with E-state index in [1.165, 1.54) is 47.3 Å². The number of hydrogen-bond donors (Lipinski definition) is 0. The van der Waals surface area contributed by atoms with Gasteiger partial charge in [-0.2, -0.15) is 0 Å². The standard InChI is InChI=1S/C25H15NS/c1-2-8-17-16(7-1)15-22(19-10-4-3-9-18(17)19)24-25-21(13-14-26-24)20-11-5-6-12-23(20)27-25/h1-15H. The fourth-order valence-electron chi connectivity index (χ4n) is 4.09. The van der Waals surface area contributed by atoms with Crippen molar-refractivity contribution < 1.29 is 0 Å². The average molecular weight is 361 g/mol. The molecule has 6 rings (SSSR count). The van der Waals surface area contributed by atoms with Gasteiger partial charge in [0.25, 0.3) is 0 Å². The van der Waals surface area contributed by atoms with Gasteiger partial charge in [0.1, 0.15) is 0 Å². The van der Waals surface area contributed by atoms with Crippen LogP contribution < -0.4 is 0 Å². The Morgan fingerprint density at radius 1 is 0.593 bits per heavy atom. The van der Waals surface area contributed by atoms with Crippen LogP contribution in [0.25, 0.3) is 53.0 Å². The van der Waals surface area contributed by atoms with Gasteiger partial charge in [-0.05, 0) is 39.7 Å².